The highest BCUT2D eigenvalue weighted by Crippen LogP contribution is 2.33. The van der Waals surface area contributed by atoms with E-state index in [1.807, 2.05) is 45.0 Å². The van der Waals surface area contributed by atoms with Crippen molar-refractivity contribution in [3.05, 3.63) is 29.8 Å². The summed E-state index contributed by atoms with van der Waals surface area (Å²) in [5.41, 5.74) is 0.757. The van der Waals surface area contributed by atoms with Crippen molar-refractivity contribution in [1.82, 2.24) is 0 Å². The van der Waals surface area contributed by atoms with Crippen molar-refractivity contribution >= 4 is 17.6 Å². The van der Waals surface area contributed by atoms with Gasteiger partial charge in [-0.3, -0.25) is 9.59 Å². The van der Waals surface area contributed by atoms with E-state index in [9.17, 15) is 14.7 Å². The lowest BCUT2D eigenvalue weighted by Gasteiger charge is -2.30. The molecule has 1 amide bonds. The Labute approximate surface area is 120 Å². The lowest BCUT2D eigenvalue weighted by molar-refractivity contribution is -0.153. The molecule has 1 rings (SSSR count). The fourth-order valence-electron chi connectivity index (χ4n) is 2.03. The maximum absolute atomic E-state index is 12.4. The number of anilines is 1. The van der Waals surface area contributed by atoms with Crippen molar-refractivity contribution < 1.29 is 14.7 Å². The van der Waals surface area contributed by atoms with Gasteiger partial charge in [0.15, 0.2) is 0 Å². The molecule has 1 unspecified atom stereocenters. The van der Waals surface area contributed by atoms with E-state index < -0.39 is 11.4 Å². The number of aryl methyl sites for hydroxylation is 1. The Morgan fingerprint density at radius 2 is 1.85 bits per heavy atom. The van der Waals surface area contributed by atoms with Crippen LogP contribution in [0.2, 0.25) is 0 Å². The van der Waals surface area contributed by atoms with Crippen LogP contribution in [0.5, 0.6) is 0 Å². The van der Waals surface area contributed by atoms with Crippen LogP contribution in [0.1, 0.15) is 32.8 Å². The number of hydrogen-bond acceptors (Lipinski definition) is 2. The third-order valence-electron chi connectivity index (χ3n) is 4.13. The number of benzene rings is 1. The zero-order valence-corrected chi connectivity index (χ0v) is 12.8. The van der Waals surface area contributed by atoms with Gasteiger partial charge in [-0.05, 0) is 31.4 Å². The molecule has 4 heteroatoms. The summed E-state index contributed by atoms with van der Waals surface area (Å²) in [6, 6.07) is 7.57. The van der Waals surface area contributed by atoms with Crippen LogP contribution in [0.15, 0.2) is 24.3 Å². The van der Waals surface area contributed by atoms with Crippen molar-refractivity contribution in [1.29, 1.82) is 0 Å². The predicted molar refractivity (Wildman–Crippen MR) is 79.8 cm³/mol. The molecule has 110 valence electrons. The van der Waals surface area contributed by atoms with E-state index in [0.29, 0.717) is 0 Å². The maximum atomic E-state index is 12.4. The summed E-state index contributed by atoms with van der Waals surface area (Å²) in [5, 5.41) is 9.39. The van der Waals surface area contributed by atoms with Gasteiger partial charge in [-0.1, -0.05) is 32.0 Å². The molecule has 0 aliphatic heterocycles. The minimum absolute atomic E-state index is 0.00909. The largest absolute Gasteiger partial charge is 0.481 e. The predicted octanol–water partition coefficient (Wildman–Crippen LogP) is 3.09. The van der Waals surface area contributed by atoms with Crippen LogP contribution in [0.4, 0.5) is 5.69 Å². The number of nitrogens with zero attached hydrogens (tertiary/aromatic N) is 1. The summed E-state index contributed by atoms with van der Waals surface area (Å²) >= 11 is 0. The summed E-state index contributed by atoms with van der Waals surface area (Å²) in [7, 11) is 1.69. The Balaban J connectivity index is 2.96. The molecule has 0 radical (unpaired) electrons. The Kier molecular flexibility index (Phi) is 4.93. The molecule has 20 heavy (non-hydrogen) atoms. The Morgan fingerprint density at radius 1 is 1.30 bits per heavy atom. The second-order valence-corrected chi connectivity index (χ2v) is 5.79. The highest BCUT2D eigenvalue weighted by molar-refractivity contribution is 5.96. The molecule has 0 heterocycles. The first-order valence-corrected chi connectivity index (χ1v) is 6.75. The van der Waals surface area contributed by atoms with E-state index in [2.05, 4.69) is 0 Å². The lowest BCUT2D eigenvalue weighted by atomic mass is 9.76. The topological polar surface area (TPSA) is 57.6 Å². The van der Waals surface area contributed by atoms with Crippen LogP contribution in [0, 0.1) is 18.3 Å². The Hall–Kier alpha value is -1.84. The molecular weight excluding hydrogens is 254 g/mol. The first-order valence-electron chi connectivity index (χ1n) is 6.75. The molecule has 1 N–H and O–H groups in total. The van der Waals surface area contributed by atoms with Crippen LogP contribution >= 0.6 is 0 Å². The molecule has 0 saturated carbocycles. The van der Waals surface area contributed by atoms with E-state index in [1.165, 1.54) is 0 Å². The standard InChI is InChI=1S/C16H23NO3/c1-11(2)16(4,15(19)20)10-14(18)17(5)13-9-7-6-8-12(13)3/h6-9,11H,10H2,1-5H3,(H,19,20). The van der Waals surface area contributed by atoms with Crippen LogP contribution in [0.3, 0.4) is 0 Å². The molecule has 0 bridgehead atoms. The number of carboxylic acid groups (broad SMARTS) is 1. The first-order chi connectivity index (χ1) is 9.20. The van der Waals surface area contributed by atoms with Crippen LogP contribution in [0.25, 0.3) is 0 Å². The van der Waals surface area contributed by atoms with Crippen molar-refractivity contribution in [2.75, 3.05) is 11.9 Å². The minimum atomic E-state index is -1.05. The van der Waals surface area contributed by atoms with Gasteiger partial charge in [-0.2, -0.15) is 0 Å². The van der Waals surface area contributed by atoms with Crippen molar-refractivity contribution in [3.63, 3.8) is 0 Å². The Bertz CT molecular complexity index is 510. The smallest absolute Gasteiger partial charge is 0.310 e. The van der Waals surface area contributed by atoms with E-state index >= 15 is 0 Å². The van der Waals surface area contributed by atoms with Gasteiger partial charge in [-0.15, -0.1) is 0 Å². The zero-order chi connectivity index (χ0) is 15.5. The number of para-hydroxylation sites is 1. The number of amides is 1. The lowest BCUT2D eigenvalue weighted by Crippen LogP contribution is -2.40. The molecule has 1 aromatic rings. The summed E-state index contributed by atoms with van der Waals surface area (Å²) in [6.07, 6.45) is -0.00909. The number of hydrogen-bond donors (Lipinski definition) is 1. The fraction of sp³-hybridized carbons (Fsp3) is 0.500. The normalized spacial score (nSPS) is 13.9. The van der Waals surface area contributed by atoms with Gasteiger partial charge in [0.05, 0.1) is 5.41 Å². The number of carboxylic acids is 1. The number of rotatable bonds is 5. The van der Waals surface area contributed by atoms with Crippen LogP contribution in [-0.4, -0.2) is 24.0 Å². The third kappa shape index (κ3) is 3.18. The van der Waals surface area contributed by atoms with Gasteiger partial charge >= 0.3 is 5.97 Å². The van der Waals surface area contributed by atoms with E-state index in [4.69, 9.17) is 0 Å². The van der Waals surface area contributed by atoms with Gasteiger partial charge in [-0.25, -0.2) is 0 Å². The molecule has 0 aliphatic carbocycles. The first kappa shape index (κ1) is 16.2. The highest BCUT2D eigenvalue weighted by Gasteiger charge is 2.39. The monoisotopic (exact) mass is 277 g/mol. The van der Waals surface area contributed by atoms with Crippen LogP contribution < -0.4 is 4.90 Å². The Morgan fingerprint density at radius 3 is 2.30 bits per heavy atom. The molecule has 0 fully saturated rings. The van der Waals surface area contributed by atoms with Crippen LogP contribution in [-0.2, 0) is 9.59 Å². The zero-order valence-electron chi connectivity index (χ0n) is 12.8. The maximum Gasteiger partial charge on any atom is 0.310 e. The van der Waals surface area contributed by atoms with Gasteiger partial charge in [0.25, 0.3) is 0 Å². The second kappa shape index (κ2) is 6.07. The molecule has 0 aliphatic rings. The fourth-order valence-corrected chi connectivity index (χ4v) is 2.03. The average Bonchev–Trinajstić information content (AvgIpc) is 2.37. The molecule has 4 nitrogen and oxygen atoms in total. The number of carbonyl (C=O) groups is 2. The van der Waals surface area contributed by atoms with Crippen molar-refractivity contribution in [3.8, 4) is 0 Å². The minimum Gasteiger partial charge on any atom is -0.481 e. The summed E-state index contributed by atoms with van der Waals surface area (Å²) in [6.45, 7) is 7.21. The highest BCUT2D eigenvalue weighted by atomic mass is 16.4. The third-order valence-corrected chi connectivity index (χ3v) is 4.13. The van der Waals surface area contributed by atoms with Gasteiger partial charge in [0.1, 0.15) is 0 Å². The molecule has 0 aromatic heterocycles. The molecule has 0 spiro atoms. The molecule has 1 aromatic carbocycles. The van der Waals surface area contributed by atoms with Gasteiger partial charge < -0.3 is 10.0 Å². The van der Waals surface area contributed by atoms with Gasteiger partial charge in [0.2, 0.25) is 5.91 Å². The number of aliphatic carboxylic acids is 1. The second-order valence-electron chi connectivity index (χ2n) is 5.79. The van der Waals surface area contributed by atoms with E-state index in [-0.39, 0.29) is 18.2 Å². The van der Waals surface area contributed by atoms with Crippen molar-refractivity contribution in [2.24, 2.45) is 11.3 Å². The molecule has 1 atom stereocenters. The SMILES string of the molecule is Cc1ccccc1N(C)C(=O)CC(C)(C(=O)O)C(C)C. The average molecular weight is 277 g/mol. The number of carbonyl (C=O) groups excluding carboxylic acids is 1. The summed E-state index contributed by atoms with van der Waals surface area (Å²) < 4.78 is 0. The van der Waals surface area contributed by atoms with E-state index in [0.717, 1.165) is 11.3 Å². The molecular formula is C16H23NO3. The summed E-state index contributed by atoms with van der Waals surface area (Å²) in [5.74, 6) is -1.23. The quantitative estimate of drug-likeness (QED) is 0.899. The summed E-state index contributed by atoms with van der Waals surface area (Å²) in [4.78, 5) is 25.4. The van der Waals surface area contributed by atoms with E-state index in [1.54, 1.807) is 18.9 Å². The van der Waals surface area contributed by atoms with Gasteiger partial charge in [0, 0.05) is 19.2 Å². The molecule has 0 saturated heterocycles. The van der Waals surface area contributed by atoms with Crippen molar-refractivity contribution in [2.45, 2.75) is 34.1 Å².